The number of ketones is 1. The van der Waals surface area contributed by atoms with Crippen LogP contribution in [-0.2, 0) is 14.4 Å². The van der Waals surface area contributed by atoms with E-state index in [0.29, 0.717) is 44.9 Å². The van der Waals surface area contributed by atoms with Crippen LogP contribution in [0.3, 0.4) is 0 Å². The molecule has 0 aromatic rings. The van der Waals surface area contributed by atoms with Crippen molar-refractivity contribution in [1.82, 2.24) is 0 Å². The van der Waals surface area contributed by atoms with Gasteiger partial charge in [-0.2, -0.15) is 0 Å². The highest BCUT2D eigenvalue weighted by Crippen LogP contribution is 2.77. The molecule has 5 aliphatic rings. The van der Waals surface area contributed by atoms with E-state index >= 15 is 0 Å². The number of Topliss-reactive ketones (excluding diaryl/α,β-unsaturated/α-hetero) is 1. The maximum Gasteiger partial charge on any atom is 0.310 e. The molecule has 0 aliphatic heterocycles. The monoisotopic (exact) mass is 500 g/mol. The normalized spacial score (nSPS) is 51.3. The summed E-state index contributed by atoms with van der Waals surface area (Å²) in [6.07, 6.45) is 4.24. The van der Waals surface area contributed by atoms with Gasteiger partial charge in [0.1, 0.15) is 5.78 Å². The fraction of sp³-hybridized carbons (Fsp3) is 0.833. The molecule has 5 rings (SSSR count). The molecule has 36 heavy (non-hydrogen) atoms. The third-order valence-electron chi connectivity index (χ3n) is 12.9. The molecule has 6 heteroatoms. The van der Waals surface area contributed by atoms with Gasteiger partial charge >= 0.3 is 11.9 Å². The van der Waals surface area contributed by atoms with Crippen LogP contribution in [0.5, 0.6) is 0 Å². The standard InChI is InChI=1S/C30H44O6/c1-16(2)17-9-12-29(24(33)34)13-14-30(25(35)36)18(22(17)29)7-8-20-27(5)11-10-21(32)26(3,4)23(27)19(31)15-28(20,30)6/h17-20,22-23,31H,1,7-15H2,2-6H3,(H,33,34)(H,35,36)/t17?,18?,19-,20-,22?,23?,27-,28-,29+,30-/m1/s1. The fourth-order valence-corrected chi connectivity index (χ4v) is 11.6. The topological polar surface area (TPSA) is 112 Å². The molecule has 0 aromatic carbocycles. The van der Waals surface area contributed by atoms with Crippen molar-refractivity contribution in [3.63, 3.8) is 0 Å². The van der Waals surface area contributed by atoms with Crippen LogP contribution in [0.15, 0.2) is 12.2 Å². The van der Waals surface area contributed by atoms with Gasteiger partial charge in [0, 0.05) is 17.8 Å². The van der Waals surface area contributed by atoms with E-state index in [0.717, 1.165) is 18.4 Å². The van der Waals surface area contributed by atoms with E-state index in [-0.39, 0.29) is 40.8 Å². The Bertz CT molecular complexity index is 1030. The molecular formula is C30H44O6. The molecule has 0 radical (unpaired) electrons. The van der Waals surface area contributed by atoms with E-state index in [1.807, 2.05) is 20.8 Å². The molecule has 0 aromatic heterocycles. The van der Waals surface area contributed by atoms with E-state index < -0.39 is 39.7 Å². The Kier molecular flexibility index (Phi) is 5.53. The number of carboxylic acids is 2. The number of allylic oxidation sites excluding steroid dienone is 1. The zero-order valence-electron chi connectivity index (χ0n) is 22.6. The van der Waals surface area contributed by atoms with Gasteiger partial charge in [-0.3, -0.25) is 14.4 Å². The Morgan fingerprint density at radius 3 is 2.19 bits per heavy atom. The summed E-state index contributed by atoms with van der Waals surface area (Å²) in [5.41, 5.74) is -2.71. The second-order valence-electron chi connectivity index (χ2n) is 14.3. The first-order valence-electron chi connectivity index (χ1n) is 13.9. The van der Waals surface area contributed by atoms with Gasteiger partial charge in [-0.05, 0) is 92.8 Å². The maximum atomic E-state index is 13.6. The van der Waals surface area contributed by atoms with Crippen LogP contribution in [0, 0.1) is 56.7 Å². The molecule has 0 amide bonds. The molecule has 0 bridgehead atoms. The number of aliphatic hydroxyl groups is 1. The average Bonchev–Trinajstić information content (AvgIpc) is 3.17. The Morgan fingerprint density at radius 1 is 0.944 bits per heavy atom. The first kappa shape index (κ1) is 25.9. The van der Waals surface area contributed by atoms with Crippen molar-refractivity contribution in [3.05, 3.63) is 12.2 Å². The quantitative estimate of drug-likeness (QED) is 0.452. The van der Waals surface area contributed by atoms with Crippen LogP contribution in [0.1, 0.15) is 92.4 Å². The second-order valence-corrected chi connectivity index (χ2v) is 14.3. The highest BCUT2D eigenvalue weighted by molar-refractivity contribution is 5.86. The van der Waals surface area contributed by atoms with E-state index in [1.54, 1.807) is 0 Å². The lowest BCUT2D eigenvalue weighted by Gasteiger charge is -2.72. The van der Waals surface area contributed by atoms with Crippen LogP contribution >= 0.6 is 0 Å². The molecular weight excluding hydrogens is 456 g/mol. The number of aliphatic hydroxyl groups excluding tert-OH is 1. The molecule has 0 heterocycles. The summed E-state index contributed by atoms with van der Waals surface area (Å²) in [4.78, 5) is 39.3. The number of fused-ring (bicyclic) bond motifs is 7. The second kappa shape index (κ2) is 7.68. The summed E-state index contributed by atoms with van der Waals surface area (Å²) in [5, 5.41) is 33.3. The lowest BCUT2D eigenvalue weighted by atomic mass is 9.31. The number of carbonyl (C=O) groups excluding carboxylic acids is 1. The summed E-state index contributed by atoms with van der Waals surface area (Å²) in [5.74, 6) is -2.08. The first-order valence-corrected chi connectivity index (χ1v) is 13.9. The van der Waals surface area contributed by atoms with Gasteiger partial charge < -0.3 is 15.3 Å². The molecule has 3 N–H and O–H groups in total. The van der Waals surface area contributed by atoms with Crippen LogP contribution < -0.4 is 0 Å². The van der Waals surface area contributed by atoms with Crippen molar-refractivity contribution in [3.8, 4) is 0 Å². The molecule has 5 aliphatic carbocycles. The summed E-state index contributed by atoms with van der Waals surface area (Å²) < 4.78 is 0. The van der Waals surface area contributed by atoms with Gasteiger partial charge in [0.05, 0.1) is 16.9 Å². The lowest BCUT2D eigenvalue weighted by Crippen LogP contribution is -2.72. The Hall–Kier alpha value is -1.69. The van der Waals surface area contributed by atoms with Gasteiger partial charge in [-0.1, -0.05) is 39.8 Å². The van der Waals surface area contributed by atoms with E-state index in [1.165, 1.54) is 0 Å². The van der Waals surface area contributed by atoms with Crippen molar-refractivity contribution in [2.24, 2.45) is 56.7 Å². The number of aliphatic carboxylic acids is 2. The fourth-order valence-electron chi connectivity index (χ4n) is 11.6. The molecule has 5 fully saturated rings. The van der Waals surface area contributed by atoms with Crippen LogP contribution in [0.4, 0.5) is 0 Å². The maximum absolute atomic E-state index is 13.6. The molecule has 5 saturated carbocycles. The van der Waals surface area contributed by atoms with Crippen molar-refractivity contribution in [2.75, 3.05) is 0 Å². The van der Waals surface area contributed by atoms with Crippen molar-refractivity contribution < 1.29 is 29.7 Å². The third-order valence-corrected chi connectivity index (χ3v) is 12.9. The lowest BCUT2D eigenvalue weighted by molar-refractivity contribution is -0.264. The Labute approximate surface area is 214 Å². The van der Waals surface area contributed by atoms with E-state index in [4.69, 9.17) is 0 Å². The van der Waals surface area contributed by atoms with Gasteiger partial charge in [-0.15, -0.1) is 0 Å². The average molecular weight is 501 g/mol. The Balaban J connectivity index is 1.67. The highest BCUT2D eigenvalue weighted by atomic mass is 16.4. The molecule has 10 atom stereocenters. The van der Waals surface area contributed by atoms with Crippen molar-refractivity contribution in [1.29, 1.82) is 0 Å². The van der Waals surface area contributed by atoms with Gasteiger partial charge in [0.2, 0.25) is 0 Å². The van der Waals surface area contributed by atoms with Gasteiger partial charge in [0.25, 0.3) is 0 Å². The Morgan fingerprint density at radius 2 is 1.61 bits per heavy atom. The summed E-state index contributed by atoms with van der Waals surface area (Å²) in [7, 11) is 0. The van der Waals surface area contributed by atoms with Crippen LogP contribution in [0.25, 0.3) is 0 Å². The highest BCUT2D eigenvalue weighted by Gasteiger charge is 2.76. The number of carboxylic acid groups (broad SMARTS) is 2. The van der Waals surface area contributed by atoms with Crippen molar-refractivity contribution >= 4 is 17.7 Å². The third kappa shape index (κ3) is 2.80. The summed E-state index contributed by atoms with van der Waals surface area (Å²) in [6, 6.07) is 0. The molecule has 200 valence electrons. The largest absolute Gasteiger partial charge is 0.481 e. The molecule has 4 unspecified atom stereocenters. The molecule has 0 saturated heterocycles. The van der Waals surface area contributed by atoms with E-state index in [2.05, 4.69) is 20.4 Å². The minimum absolute atomic E-state index is 0.00774. The smallest absolute Gasteiger partial charge is 0.310 e. The SMILES string of the molecule is C=C(C)C1CC[C@]2(C(=O)O)CC[C@]3(C(=O)O)C(CC[C@@H]4[C@@]5(C)CCC(=O)C(C)(C)C5[C@H](O)C[C@]43C)C12. The minimum atomic E-state index is -1.10. The minimum Gasteiger partial charge on any atom is -0.481 e. The summed E-state index contributed by atoms with van der Waals surface area (Å²) in [6.45, 7) is 14.4. The number of rotatable bonds is 3. The predicted molar refractivity (Wildman–Crippen MR) is 135 cm³/mol. The van der Waals surface area contributed by atoms with E-state index in [9.17, 15) is 29.7 Å². The van der Waals surface area contributed by atoms with Crippen LogP contribution in [-0.4, -0.2) is 39.1 Å². The zero-order chi connectivity index (χ0) is 26.6. The van der Waals surface area contributed by atoms with Crippen LogP contribution in [0.2, 0.25) is 0 Å². The number of hydrogen-bond acceptors (Lipinski definition) is 4. The molecule has 6 nitrogen and oxygen atoms in total. The predicted octanol–water partition coefficient (Wildman–Crippen LogP) is 5.33. The van der Waals surface area contributed by atoms with Crippen molar-refractivity contribution in [2.45, 2.75) is 98.5 Å². The first-order chi connectivity index (χ1) is 16.6. The van der Waals surface area contributed by atoms with Gasteiger partial charge in [-0.25, -0.2) is 0 Å². The number of carbonyl (C=O) groups is 3. The van der Waals surface area contributed by atoms with Gasteiger partial charge in [0.15, 0.2) is 0 Å². The number of hydrogen-bond donors (Lipinski definition) is 3. The zero-order valence-corrected chi connectivity index (χ0v) is 22.6. The molecule has 0 spiro atoms. The summed E-state index contributed by atoms with van der Waals surface area (Å²) >= 11 is 0.